The van der Waals surface area contributed by atoms with E-state index in [1.54, 1.807) is 0 Å². The molecule has 0 amide bonds. The first kappa shape index (κ1) is 19.2. The molecule has 1 heterocycles. The van der Waals surface area contributed by atoms with Crippen molar-refractivity contribution in [2.24, 2.45) is 23.2 Å². The van der Waals surface area contributed by atoms with Crippen LogP contribution >= 0.6 is 11.8 Å². The summed E-state index contributed by atoms with van der Waals surface area (Å²) >= 11 is 1.40. The zero-order valence-electron chi connectivity index (χ0n) is 17.1. The number of benzene rings is 1. The van der Waals surface area contributed by atoms with Crippen molar-refractivity contribution in [2.45, 2.75) is 69.5 Å². The molecule has 6 heteroatoms. The van der Waals surface area contributed by atoms with Crippen LogP contribution in [0, 0.1) is 30.1 Å². The molecule has 4 fully saturated rings. The molecule has 1 aromatic heterocycles. The van der Waals surface area contributed by atoms with Crippen molar-refractivity contribution in [1.29, 1.82) is 0 Å². The topological polar surface area (TPSA) is 65.2 Å². The fourth-order valence-electron chi connectivity index (χ4n) is 6.24. The van der Waals surface area contributed by atoms with E-state index >= 15 is 0 Å². The van der Waals surface area contributed by atoms with Gasteiger partial charge in [0.2, 0.25) is 0 Å². The Balaban J connectivity index is 1.20. The Morgan fingerprint density at radius 3 is 2.55 bits per heavy atom. The lowest BCUT2D eigenvalue weighted by Gasteiger charge is -2.56. The van der Waals surface area contributed by atoms with Crippen LogP contribution in [0.25, 0.3) is 0 Å². The number of carbonyl (C=O) groups excluding carboxylic acids is 1. The lowest BCUT2D eigenvalue weighted by molar-refractivity contribution is -0.143. The third kappa shape index (κ3) is 3.83. The molecule has 2 aromatic rings. The molecule has 4 saturated carbocycles. The minimum atomic E-state index is -0.155. The van der Waals surface area contributed by atoms with Crippen LogP contribution in [0.5, 0.6) is 5.75 Å². The van der Waals surface area contributed by atoms with Crippen molar-refractivity contribution in [1.82, 2.24) is 10.2 Å². The molecule has 29 heavy (non-hydrogen) atoms. The summed E-state index contributed by atoms with van der Waals surface area (Å²) in [5.74, 6) is 3.94. The first-order valence-corrected chi connectivity index (χ1v) is 11.6. The number of aryl methyl sites for hydroxylation is 1. The van der Waals surface area contributed by atoms with Crippen LogP contribution in [-0.4, -0.2) is 21.2 Å². The fraction of sp³-hybridized carbons (Fsp3) is 0.609. The number of hydrogen-bond donors (Lipinski definition) is 0. The van der Waals surface area contributed by atoms with Crippen LogP contribution in [0.2, 0.25) is 0 Å². The normalized spacial score (nSPS) is 31.0. The van der Waals surface area contributed by atoms with Gasteiger partial charge in [-0.1, -0.05) is 23.9 Å². The van der Waals surface area contributed by atoms with E-state index < -0.39 is 0 Å². The smallest absolute Gasteiger partial charge is 0.277 e. The maximum absolute atomic E-state index is 13.4. The minimum absolute atomic E-state index is 0.0850. The number of nitrogens with zero attached hydrogens (tertiary/aromatic N) is 2. The van der Waals surface area contributed by atoms with Crippen LogP contribution < -0.4 is 4.74 Å². The quantitative estimate of drug-likeness (QED) is 0.581. The maximum atomic E-state index is 13.4. The summed E-state index contributed by atoms with van der Waals surface area (Å²) in [6.45, 7) is 4.25. The maximum Gasteiger partial charge on any atom is 0.277 e. The van der Waals surface area contributed by atoms with Crippen molar-refractivity contribution < 1.29 is 13.9 Å². The monoisotopic (exact) mass is 412 g/mol. The number of rotatable bonds is 7. The number of thioether (sulfide) groups is 1. The van der Waals surface area contributed by atoms with Crippen LogP contribution in [0.3, 0.4) is 0 Å². The van der Waals surface area contributed by atoms with Gasteiger partial charge in [-0.2, -0.15) is 0 Å². The summed E-state index contributed by atoms with van der Waals surface area (Å²) in [6.07, 6.45) is 7.35. The lowest BCUT2D eigenvalue weighted by Crippen LogP contribution is -2.51. The number of ketones is 1. The highest BCUT2D eigenvalue weighted by Crippen LogP contribution is 2.61. The number of ether oxygens (including phenoxy) is 1. The van der Waals surface area contributed by atoms with E-state index in [0.29, 0.717) is 16.9 Å². The molecule has 154 valence electrons. The molecule has 6 rings (SSSR count). The predicted molar refractivity (Wildman–Crippen MR) is 111 cm³/mol. The average Bonchev–Trinajstić information content (AvgIpc) is 3.12. The summed E-state index contributed by atoms with van der Waals surface area (Å²) in [6, 6.07) is 7.86. The Kier molecular flexibility index (Phi) is 4.93. The standard InChI is InChI=1S/C23H28N2O3S/c1-14-4-3-5-19(6-14)27-13-20-24-25-22(28-20)29-15(2)21(26)23-10-16-7-17(11-23)9-18(8-16)12-23/h3-6,15-18H,7-13H2,1-2H3. The van der Waals surface area contributed by atoms with E-state index in [0.717, 1.165) is 48.3 Å². The molecule has 4 aliphatic carbocycles. The fourth-order valence-corrected chi connectivity index (χ4v) is 7.13. The molecule has 1 aromatic carbocycles. The van der Waals surface area contributed by atoms with Crippen LogP contribution in [-0.2, 0) is 11.4 Å². The van der Waals surface area contributed by atoms with Gasteiger partial charge in [-0.05, 0) is 87.8 Å². The third-order valence-electron chi connectivity index (χ3n) is 7.01. The largest absolute Gasteiger partial charge is 0.484 e. The Bertz CT molecular complexity index is 874. The van der Waals surface area contributed by atoms with Gasteiger partial charge in [0.25, 0.3) is 11.1 Å². The number of carbonyl (C=O) groups is 1. The molecule has 0 N–H and O–H groups in total. The number of Topliss-reactive ketones (excluding diaryl/α,β-unsaturated/α-hetero) is 1. The van der Waals surface area contributed by atoms with E-state index in [9.17, 15) is 4.79 Å². The summed E-state index contributed by atoms with van der Waals surface area (Å²) in [5, 5.41) is 8.51. The molecular weight excluding hydrogens is 384 g/mol. The van der Waals surface area contributed by atoms with Gasteiger partial charge < -0.3 is 9.15 Å². The molecule has 0 saturated heterocycles. The van der Waals surface area contributed by atoms with E-state index in [1.807, 2.05) is 38.1 Å². The van der Waals surface area contributed by atoms with Gasteiger partial charge in [-0.25, -0.2) is 0 Å². The zero-order chi connectivity index (χ0) is 20.0. The summed E-state index contributed by atoms with van der Waals surface area (Å²) < 4.78 is 11.5. The highest BCUT2D eigenvalue weighted by molar-refractivity contribution is 8.00. The Morgan fingerprint density at radius 2 is 1.90 bits per heavy atom. The molecular formula is C23H28N2O3S. The van der Waals surface area contributed by atoms with Crippen LogP contribution in [0.15, 0.2) is 33.9 Å². The van der Waals surface area contributed by atoms with Crippen molar-refractivity contribution in [2.75, 3.05) is 0 Å². The highest BCUT2D eigenvalue weighted by Gasteiger charge is 2.55. The SMILES string of the molecule is Cc1cccc(OCc2nnc(SC(C)C(=O)C34CC5CC(CC(C5)C3)C4)o2)c1. The second-order valence-electron chi connectivity index (χ2n) is 9.39. The molecule has 4 bridgehead atoms. The Labute approximate surface area is 176 Å². The van der Waals surface area contributed by atoms with Crippen LogP contribution in [0.1, 0.15) is 56.9 Å². The molecule has 0 radical (unpaired) electrons. The van der Waals surface area contributed by atoms with Crippen molar-refractivity contribution >= 4 is 17.5 Å². The minimum Gasteiger partial charge on any atom is -0.484 e. The zero-order valence-corrected chi connectivity index (χ0v) is 17.9. The molecule has 1 atom stereocenters. The number of aromatic nitrogens is 2. The Hall–Kier alpha value is -1.82. The predicted octanol–water partition coefficient (Wildman–Crippen LogP) is 5.22. The molecule has 1 unspecified atom stereocenters. The summed E-state index contributed by atoms with van der Waals surface area (Å²) in [7, 11) is 0. The molecule has 5 nitrogen and oxygen atoms in total. The second-order valence-corrected chi connectivity index (χ2v) is 10.7. The van der Waals surface area contributed by atoms with Crippen molar-refractivity contribution in [3.63, 3.8) is 0 Å². The Morgan fingerprint density at radius 1 is 1.21 bits per heavy atom. The molecule has 0 aliphatic heterocycles. The van der Waals surface area contributed by atoms with Gasteiger partial charge in [0.05, 0.1) is 5.25 Å². The first-order chi connectivity index (χ1) is 14.0. The van der Waals surface area contributed by atoms with Gasteiger partial charge in [-0.3, -0.25) is 4.79 Å². The van der Waals surface area contributed by atoms with E-state index in [4.69, 9.17) is 9.15 Å². The highest BCUT2D eigenvalue weighted by atomic mass is 32.2. The van der Waals surface area contributed by atoms with Gasteiger partial charge >= 0.3 is 0 Å². The average molecular weight is 413 g/mol. The first-order valence-electron chi connectivity index (χ1n) is 10.7. The van der Waals surface area contributed by atoms with Crippen molar-refractivity contribution in [3.8, 4) is 5.75 Å². The number of hydrogen-bond acceptors (Lipinski definition) is 6. The van der Waals surface area contributed by atoms with E-state index in [-0.39, 0.29) is 17.3 Å². The van der Waals surface area contributed by atoms with Crippen LogP contribution in [0.4, 0.5) is 0 Å². The van der Waals surface area contributed by atoms with E-state index in [2.05, 4.69) is 10.2 Å². The third-order valence-corrected chi connectivity index (χ3v) is 7.94. The van der Waals surface area contributed by atoms with Gasteiger partial charge in [0.1, 0.15) is 5.75 Å². The lowest BCUT2D eigenvalue weighted by atomic mass is 9.48. The molecule has 4 aliphatic rings. The molecule has 0 spiro atoms. The van der Waals surface area contributed by atoms with E-state index in [1.165, 1.54) is 31.0 Å². The summed E-state index contributed by atoms with van der Waals surface area (Å²) in [5.41, 5.74) is 1.06. The van der Waals surface area contributed by atoms with Gasteiger partial charge in [0.15, 0.2) is 12.4 Å². The van der Waals surface area contributed by atoms with Gasteiger partial charge in [-0.15, -0.1) is 10.2 Å². The van der Waals surface area contributed by atoms with Crippen molar-refractivity contribution in [3.05, 3.63) is 35.7 Å². The summed E-state index contributed by atoms with van der Waals surface area (Å²) in [4.78, 5) is 13.4. The van der Waals surface area contributed by atoms with Gasteiger partial charge in [0, 0.05) is 5.41 Å². The second kappa shape index (κ2) is 7.46.